The molecule has 1 aliphatic heterocycles. The number of hydrogen-bond acceptors (Lipinski definition) is 3. The summed E-state index contributed by atoms with van der Waals surface area (Å²) in [6.07, 6.45) is 3.63. The van der Waals surface area contributed by atoms with Gasteiger partial charge in [0, 0.05) is 23.9 Å². The van der Waals surface area contributed by atoms with Gasteiger partial charge in [0.05, 0.1) is 11.1 Å². The zero-order valence-electron chi connectivity index (χ0n) is 11.1. The molecule has 0 saturated carbocycles. The van der Waals surface area contributed by atoms with E-state index in [9.17, 15) is 0 Å². The quantitative estimate of drug-likeness (QED) is 0.861. The van der Waals surface area contributed by atoms with Gasteiger partial charge in [0.15, 0.2) is 0 Å². The fourth-order valence-electron chi connectivity index (χ4n) is 2.54. The van der Waals surface area contributed by atoms with Crippen molar-refractivity contribution >= 4 is 22.9 Å². The number of nitrogens with one attached hydrogen (secondary N) is 1. The van der Waals surface area contributed by atoms with E-state index in [0.29, 0.717) is 18.1 Å². The van der Waals surface area contributed by atoms with Gasteiger partial charge in [0.2, 0.25) is 0 Å². The van der Waals surface area contributed by atoms with Crippen LogP contribution in [-0.4, -0.2) is 25.3 Å². The zero-order chi connectivity index (χ0) is 13.0. The fourth-order valence-corrected chi connectivity index (χ4v) is 3.71. The topological polar surface area (TPSA) is 21.3 Å². The van der Waals surface area contributed by atoms with E-state index in [4.69, 9.17) is 16.3 Å². The normalized spacial score (nSPS) is 25.5. The first-order valence-corrected chi connectivity index (χ1v) is 8.05. The van der Waals surface area contributed by atoms with Crippen LogP contribution in [0.15, 0.2) is 11.4 Å². The van der Waals surface area contributed by atoms with Gasteiger partial charge in [0.1, 0.15) is 0 Å². The van der Waals surface area contributed by atoms with E-state index in [-0.39, 0.29) is 0 Å². The van der Waals surface area contributed by atoms with Gasteiger partial charge in [-0.1, -0.05) is 25.4 Å². The molecule has 0 bridgehead atoms. The highest BCUT2D eigenvalue weighted by molar-refractivity contribution is 7.10. The third-order valence-corrected chi connectivity index (χ3v) is 5.00. The van der Waals surface area contributed by atoms with Crippen LogP contribution in [0.1, 0.15) is 31.6 Å². The Balaban J connectivity index is 2.02. The van der Waals surface area contributed by atoms with Crippen molar-refractivity contribution in [3.63, 3.8) is 0 Å². The summed E-state index contributed by atoms with van der Waals surface area (Å²) in [5.41, 5.74) is 0. The molecule has 2 heterocycles. The van der Waals surface area contributed by atoms with E-state index in [2.05, 4.69) is 24.5 Å². The van der Waals surface area contributed by atoms with Crippen LogP contribution < -0.4 is 5.32 Å². The van der Waals surface area contributed by atoms with Crippen LogP contribution in [0.2, 0.25) is 5.02 Å². The smallest absolute Gasteiger partial charge is 0.0757 e. The van der Waals surface area contributed by atoms with Gasteiger partial charge < -0.3 is 10.1 Å². The highest BCUT2D eigenvalue weighted by Gasteiger charge is 2.32. The van der Waals surface area contributed by atoms with E-state index in [1.165, 1.54) is 11.3 Å². The molecule has 2 nitrogen and oxygen atoms in total. The molecule has 0 aliphatic carbocycles. The van der Waals surface area contributed by atoms with Crippen molar-refractivity contribution in [2.45, 2.75) is 45.3 Å². The maximum Gasteiger partial charge on any atom is 0.0757 e. The van der Waals surface area contributed by atoms with Crippen molar-refractivity contribution in [1.82, 2.24) is 5.32 Å². The number of rotatable bonds is 6. The van der Waals surface area contributed by atoms with Crippen molar-refractivity contribution in [1.29, 1.82) is 0 Å². The molecule has 0 radical (unpaired) electrons. The predicted molar refractivity (Wildman–Crippen MR) is 78.6 cm³/mol. The maximum atomic E-state index is 6.20. The molecule has 18 heavy (non-hydrogen) atoms. The van der Waals surface area contributed by atoms with Crippen LogP contribution in [-0.2, 0) is 11.2 Å². The molecule has 1 aromatic rings. The summed E-state index contributed by atoms with van der Waals surface area (Å²) in [7, 11) is 0. The van der Waals surface area contributed by atoms with Gasteiger partial charge in [-0.05, 0) is 36.8 Å². The molecule has 3 unspecified atom stereocenters. The molecular formula is C14H22ClNOS. The standard InChI is InChI=1S/C14H22ClNOS/c1-3-6-16-12(14-10(2)4-7-17-14)9-13-11(15)5-8-18-13/h5,8,10,12,14,16H,3-4,6-7,9H2,1-2H3. The summed E-state index contributed by atoms with van der Waals surface area (Å²) < 4.78 is 5.91. The molecule has 102 valence electrons. The lowest BCUT2D eigenvalue weighted by atomic mass is 9.95. The molecular weight excluding hydrogens is 266 g/mol. The Hall–Kier alpha value is -0.0900. The number of halogens is 1. The maximum absolute atomic E-state index is 6.20. The second-order valence-electron chi connectivity index (χ2n) is 5.06. The zero-order valence-corrected chi connectivity index (χ0v) is 12.7. The summed E-state index contributed by atoms with van der Waals surface area (Å²) >= 11 is 7.95. The lowest BCUT2D eigenvalue weighted by Crippen LogP contribution is -2.44. The number of ether oxygens (including phenoxy) is 1. The van der Waals surface area contributed by atoms with Gasteiger partial charge in [-0.3, -0.25) is 0 Å². The van der Waals surface area contributed by atoms with Gasteiger partial charge >= 0.3 is 0 Å². The third-order valence-electron chi connectivity index (χ3n) is 3.59. The van der Waals surface area contributed by atoms with Crippen molar-refractivity contribution in [3.8, 4) is 0 Å². The Kier molecular flexibility index (Phi) is 5.49. The van der Waals surface area contributed by atoms with Crippen molar-refractivity contribution < 1.29 is 4.74 Å². The minimum Gasteiger partial charge on any atom is -0.376 e. The molecule has 0 amide bonds. The van der Waals surface area contributed by atoms with Crippen LogP contribution in [0.3, 0.4) is 0 Å². The van der Waals surface area contributed by atoms with Crippen LogP contribution in [0.25, 0.3) is 0 Å². The highest BCUT2D eigenvalue weighted by atomic mass is 35.5. The molecule has 0 aromatic carbocycles. The van der Waals surface area contributed by atoms with Crippen molar-refractivity contribution in [2.24, 2.45) is 5.92 Å². The first-order valence-electron chi connectivity index (χ1n) is 6.79. The van der Waals surface area contributed by atoms with E-state index in [1.54, 1.807) is 11.3 Å². The van der Waals surface area contributed by atoms with Gasteiger partial charge in [-0.15, -0.1) is 11.3 Å². The van der Waals surface area contributed by atoms with E-state index in [0.717, 1.165) is 31.0 Å². The molecule has 2 rings (SSSR count). The lowest BCUT2D eigenvalue weighted by Gasteiger charge is -2.27. The van der Waals surface area contributed by atoms with E-state index < -0.39 is 0 Å². The second kappa shape index (κ2) is 6.90. The molecule has 0 spiro atoms. The first kappa shape index (κ1) is 14.3. The van der Waals surface area contributed by atoms with Gasteiger partial charge in [-0.25, -0.2) is 0 Å². The Morgan fingerprint density at radius 3 is 3.00 bits per heavy atom. The molecule has 1 saturated heterocycles. The van der Waals surface area contributed by atoms with Crippen LogP contribution >= 0.6 is 22.9 Å². The van der Waals surface area contributed by atoms with E-state index in [1.807, 2.05) is 6.07 Å². The Bertz CT molecular complexity index is 368. The fraction of sp³-hybridized carbons (Fsp3) is 0.714. The van der Waals surface area contributed by atoms with Gasteiger partial charge in [0.25, 0.3) is 0 Å². The number of thiophene rings is 1. The molecule has 1 aliphatic rings. The second-order valence-corrected chi connectivity index (χ2v) is 6.47. The minimum absolute atomic E-state index is 0.328. The average Bonchev–Trinajstić information content (AvgIpc) is 2.94. The summed E-state index contributed by atoms with van der Waals surface area (Å²) in [6, 6.07) is 2.37. The molecule has 1 N–H and O–H groups in total. The first-order chi connectivity index (χ1) is 8.72. The average molecular weight is 288 g/mol. The summed E-state index contributed by atoms with van der Waals surface area (Å²) in [6.45, 7) is 6.42. The summed E-state index contributed by atoms with van der Waals surface area (Å²) in [5, 5.41) is 6.59. The minimum atomic E-state index is 0.328. The monoisotopic (exact) mass is 287 g/mol. The number of hydrogen-bond donors (Lipinski definition) is 1. The largest absolute Gasteiger partial charge is 0.376 e. The Morgan fingerprint density at radius 2 is 2.44 bits per heavy atom. The predicted octanol–water partition coefficient (Wildman–Crippen LogP) is 3.74. The molecule has 3 atom stereocenters. The molecule has 4 heteroatoms. The molecule has 1 fully saturated rings. The third kappa shape index (κ3) is 3.47. The highest BCUT2D eigenvalue weighted by Crippen LogP contribution is 2.29. The Labute approximate surface area is 119 Å². The summed E-state index contributed by atoms with van der Waals surface area (Å²) in [4.78, 5) is 1.27. The SMILES string of the molecule is CCCNC(Cc1sccc1Cl)C1OCCC1C. The van der Waals surface area contributed by atoms with Crippen LogP contribution in [0.5, 0.6) is 0 Å². The summed E-state index contributed by atoms with van der Waals surface area (Å²) in [5.74, 6) is 0.637. The van der Waals surface area contributed by atoms with Crippen LogP contribution in [0, 0.1) is 5.92 Å². The Morgan fingerprint density at radius 1 is 1.61 bits per heavy atom. The van der Waals surface area contributed by atoms with Crippen LogP contribution in [0.4, 0.5) is 0 Å². The van der Waals surface area contributed by atoms with Crippen molar-refractivity contribution in [3.05, 3.63) is 21.3 Å². The van der Waals surface area contributed by atoms with Gasteiger partial charge in [-0.2, -0.15) is 0 Å². The van der Waals surface area contributed by atoms with Crippen molar-refractivity contribution in [2.75, 3.05) is 13.2 Å². The molecule has 1 aromatic heterocycles. The lowest BCUT2D eigenvalue weighted by molar-refractivity contribution is 0.0613. The van der Waals surface area contributed by atoms with E-state index >= 15 is 0 Å².